The van der Waals surface area contributed by atoms with E-state index in [9.17, 15) is 4.79 Å². The molecule has 0 atom stereocenters. The molecule has 3 aromatic rings. The van der Waals surface area contributed by atoms with Gasteiger partial charge in [0.1, 0.15) is 5.69 Å². The van der Waals surface area contributed by atoms with Crippen molar-refractivity contribution in [1.82, 2.24) is 4.57 Å². The van der Waals surface area contributed by atoms with Crippen LogP contribution in [0.2, 0.25) is 0 Å². The van der Waals surface area contributed by atoms with Crippen molar-refractivity contribution in [3.05, 3.63) is 47.7 Å². The van der Waals surface area contributed by atoms with Crippen LogP contribution in [-0.4, -0.2) is 45.6 Å². The molecule has 0 amide bonds. The topological polar surface area (TPSA) is 68.2 Å². The van der Waals surface area contributed by atoms with Crippen molar-refractivity contribution in [3.8, 4) is 45.4 Å². The van der Waals surface area contributed by atoms with E-state index in [4.69, 9.17) is 23.7 Å². The maximum Gasteiger partial charge on any atom is 0.354 e. The fraction of sp³-hybridized carbons (Fsp3) is 0.320. The third-order valence-corrected chi connectivity index (χ3v) is 5.75. The minimum absolute atomic E-state index is 0.312. The normalized spacial score (nSPS) is 11.9. The van der Waals surface area contributed by atoms with Crippen molar-refractivity contribution in [2.45, 2.75) is 19.9 Å². The van der Waals surface area contributed by atoms with Crippen molar-refractivity contribution in [2.24, 2.45) is 0 Å². The quantitative estimate of drug-likeness (QED) is 0.504. The van der Waals surface area contributed by atoms with Crippen LogP contribution in [0.25, 0.3) is 22.4 Å². The number of esters is 1. The predicted octanol–water partition coefficient (Wildman–Crippen LogP) is 4.59. The molecule has 0 aliphatic carbocycles. The van der Waals surface area contributed by atoms with Gasteiger partial charge < -0.3 is 28.3 Å². The predicted molar refractivity (Wildman–Crippen MR) is 121 cm³/mol. The number of benzene rings is 2. The van der Waals surface area contributed by atoms with Gasteiger partial charge in [0.25, 0.3) is 0 Å². The van der Waals surface area contributed by atoms with Crippen molar-refractivity contribution in [2.75, 3.05) is 35.0 Å². The number of hydrogen-bond donors (Lipinski definition) is 0. The first-order valence-corrected chi connectivity index (χ1v) is 10.4. The molecule has 0 N–H and O–H groups in total. The number of rotatable bonds is 7. The summed E-state index contributed by atoms with van der Waals surface area (Å²) in [5.74, 6) is 2.23. The average Bonchev–Trinajstić information content (AvgIpc) is 3.23. The third kappa shape index (κ3) is 3.53. The van der Waals surface area contributed by atoms with Crippen molar-refractivity contribution in [1.29, 1.82) is 0 Å². The van der Waals surface area contributed by atoms with Gasteiger partial charge in [0, 0.05) is 17.7 Å². The third-order valence-electron chi connectivity index (χ3n) is 5.75. The maximum atomic E-state index is 12.8. The Kier molecular flexibility index (Phi) is 5.99. The highest BCUT2D eigenvalue weighted by Gasteiger charge is 2.29. The summed E-state index contributed by atoms with van der Waals surface area (Å²) in [6.07, 6.45) is 0.759. The lowest BCUT2D eigenvalue weighted by Crippen LogP contribution is -2.17. The van der Waals surface area contributed by atoms with E-state index in [-0.39, 0.29) is 5.97 Å². The van der Waals surface area contributed by atoms with Gasteiger partial charge >= 0.3 is 5.97 Å². The second-order valence-corrected chi connectivity index (χ2v) is 7.35. The molecule has 1 aliphatic rings. The number of methoxy groups -OCH3 is 4. The minimum atomic E-state index is -0.343. The highest BCUT2D eigenvalue weighted by Crippen LogP contribution is 2.45. The number of carbonyl (C=O) groups excluding carboxylic acids is 1. The van der Waals surface area contributed by atoms with Gasteiger partial charge in [-0.15, -0.1) is 0 Å². The fourth-order valence-corrected chi connectivity index (χ4v) is 4.25. The molecule has 2 aromatic carbocycles. The van der Waals surface area contributed by atoms with Crippen LogP contribution in [0, 0.1) is 0 Å². The summed E-state index contributed by atoms with van der Waals surface area (Å²) in [6, 6.07) is 11.6. The molecule has 32 heavy (non-hydrogen) atoms. The molecule has 1 aromatic heterocycles. The van der Waals surface area contributed by atoms with E-state index in [2.05, 4.69) is 0 Å². The second kappa shape index (κ2) is 8.86. The molecule has 0 fully saturated rings. The molecule has 0 saturated carbocycles. The fourth-order valence-electron chi connectivity index (χ4n) is 4.25. The van der Waals surface area contributed by atoms with E-state index in [0.29, 0.717) is 41.8 Å². The smallest absolute Gasteiger partial charge is 0.354 e. The number of fused-ring (bicyclic) bond motifs is 3. The van der Waals surface area contributed by atoms with E-state index in [1.54, 1.807) is 35.4 Å². The zero-order valence-corrected chi connectivity index (χ0v) is 19.0. The Balaban J connectivity index is 1.98. The molecule has 0 spiro atoms. The monoisotopic (exact) mass is 437 g/mol. The Morgan fingerprint density at radius 3 is 2.16 bits per heavy atom. The summed E-state index contributed by atoms with van der Waals surface area (Å²) < 4.78 is 29.3. The van der Waals surface area contributed by atoms with Crippen molar-refractivity contribution >= 4 is 5.97 Å². The number of aromatic nitrogens is 1. The zero-order chi connectivity index (χ0) is 22.8. The number of hydrogen-bond acceptors (Lipinski definition) is 6. The van der Waals surface area contributed by atoms with Crippen LogP contribution in [0.15, 0.2) is 36.4 Å². The standard InChI is InChI=1S/C25H27NO6/c1-6-32-25(27)19-13-17(15-7-8-20(28-2)21(11-15)29-3)24-18-14-23(31-5)22(30-4)12-16(18)9-10-26(19)24/h7-8,11-14H,6,9-10H2,1-5H3. The van der Waals surface area contributed by atoms with E-state index >= 15 is 0 Å². The summed E-state index contributed by atoms with van der Waals surface area (Å²) in [7, 11) is 6.45. The van der Waals surface area contributed by atoms with Crippen LogP contribution in [-0.2, 0) is 17.7 Å². The largest absolute Gasteiger partial charge is 0.493 e. The number of carbonyl (C=O) groups is 1. The Hall–Kier alpha value is -3.61. The molecule has 1 aliphatic heterocycles. The minimum Gasteiger partial charge on any atom is -0.493 e. The van der Waals surface area contributed by atoms with Crippen LogP contribution in [0.1, 0.15) is 23.0 Å². The van der Waals surface area contributed by atoms with Gasteiger partial charge in [-0.1, -0.05) is 6.07 Å². The summed E-state index contributed by atoms with van der Waals surface area (Å²) in [5, 5.41) is 0. The van der Waals surface area contributed by atoms with Gasteiger partial charge in [-0.05, 0) is 54.8 Å². The molecular formula is C25H27NO6. The molecule has 0 radical (unpaired) electrons. The summed E-state index contributed by atoms with van der Waals surface area (Å²) in [5.41, 5.74) is 5.39. The molecule has 2 heterocycles. The summed E-state index contributed by atoms with van der Waals surface area (Å²) in [6.45, 7) is 2.77. The number of aryl methyl sites for hydroxylation is 1. The van der Waals surface area contributed by atoms with Gasteiger partial charge in [0.05, 0.1) is 40.7 Å². The first kappa shape index (κ1) is 21.6. The lowest BCUT2D eigenvalue weighted by molar-refractivity contribution is 0.0514. The van der Waals surface area contributed by atoms with Gasteiger partial charge in [0.15, 0.2) is 23.0 Å². The molecule has 0 unspecified atom stereocenters. The highest BCUT2D eigenvalue weighted by atomic mass is 16.5. The lowest BCUT2D eigenvalue weighted by Gasteiger charge is -2.24. The van der Waals surface area contributed by atoms with Crippen LogP contribution >= 0.6 is 0 Å². The van der Waals surface area contributed by atoms with Crippen LogP contribution in [0.5, 0.6) is 23.0 Å². The Morgan fingerprint density at radius 2 is 1.50 bits per heavy atom. The summed E-state index contributed by atoms with van der Waals surface area (Å²) >= 11 is 0. The zero-order valence-electron chi connectivity index (χ0n) is 19.0. The van der Waals surface area contributed by atoms with Crippen LogP contribution in [0.4, 0.5) is 0 Å². The van der Waals surface area contributed by atoms with E-state index in [0.717, 1.165) is 34.4 Å². The molecule has 168 valence electrons. The van der Waals surface area contributed by atoms with Gasteiger partial charge in [0.2, 0.25) is 0 Å². The van der Waals surface area contributed by atoms with Gasteiger partial charge in [-0.25, -0.2) is 4.79 Å². The van der Waals surface area contributed by atoms with E-state index < -0.39 is 0 Å². The molecule has 4 rings (SSSR count). The van der Waals surface area contributed by atoms with Crippen LogP contribution < -0.4 is 18.9 Å². The Morgan fingerprint density at radius 1 is 0.844 bits per heavy atom. The van der Waals surface area contributed by atoms with E-state index in [1.165, 1.54) is 0 Å². The van der Waals surface area contributed by atoms with E-state index in [1.807, 2.05) is 41.0 Å². The van der Waals surface area contributed by atoms with Crippen molar-refractivity contribution in [3.63, 3.8) is 0 Å². The number of ether oxygens (including phenoxy) is 5. The lowest BCUT2D eigenvalue weighted by atomic mass is 9.93. The number of nitrogens with zero attached hydrogens (tertiary/aromatic N) is 1. The molecule has 0 bridgehead atoms. The highest BCUT2D eigenvalue weighted by molar-refractivity contribution is 5.96. The Bertz CT molecular complexity index is 1160. The maximum absolute atomic E-state index is 12.8. The van der Waals surface area contributed by atoms with Gasteiger partial charge in [-0.3, -0.25) is 0 Å². The van der Waals surface area contributed by atoms with Gasteiger partial charge in [-0.2, -0.15) is 0 Å². The van der Waals surface area contributed by atoms with Crippen LogP contribution in [0.3, 0.4) is 0 Å². The molecule has 0 saturated heterocycles. The van der Waals surface area contributed by atoms with Crippen molar-refractivity contribution < 1.29 is 28.5 Å². The first-order valence-electron chi connectivity index (χ1n) is 10.4. The second-order valence-electron chi connectivity index (χ2n) is 7.35. The molecule has 7 heteroatoms. The SMILES string of the molecule is CCOC(=O)c1cc(-c2ccc(OC)c(OC)c2)c2n1CCc1cc(OC)c(OC)cc1-2. The molecule has 7 nitrogen and oxygen atoms in total. The average molecular weight is 437 g/mol. The molecular weight excluding hydrogens is 410 g/mol. The first-order chi connectivity index (χ1) is 15.6. The summed E-state index contributed by atoms with van der Waals surface area (Å²) in [4.78, 5) is 12.8. The Labute approximate surface area is 187 Å².